The molecule has 3 aromatic rings. The second-order valence-electron chi connectivity index (χ2n) is 5.32. The molecule has 0 bridgehead atoms. The highest BCUT2D eigenvalue weighted by atomic mass is 16.1. The monoisotopic (exact) mass is 280 g/mol. The van der Waals surface area contributed by atoms with Gasteiger partial charge in [0, 0.05) is 24.5 Å². The Morgan fingerprint density at radius 1 is 1.10 bits per heavy atom. The van der Waals surface area contributed by atoms with E-state index >= 15 is 0 Å². The van der Waals surface area contributed by atoms with Crippen molar-refractivity contribution in [2.75, 3.05) is 17.2 Å². The van der Waals surface area contributed by atoms with Gasteiger partial charge in [0.15, 0.2) is 0 Å². The van der Waals surface area contributed by atoms with E-state index in [2.05, 4.69) is 38.8 Å². The lowest BCUT2D eigenvalue weighted by Gasteiger charge is -2.11. The molecule has 0 spiro atoms. The first-order chi connectivity index (χ1) is 10.3. The van der Waals surface area contributed by atoms with Crippen LogP contribution in [0.5, 0.6) is 0 Å². The molecule has 106 valence electrons. The Morgan fingerprint density at radius 2 is 2.00 bits per heavy atom. The summed E-state index contributed by atoms with van der Waals surface area (Å²) < 4.78 is 0. The fourth-order valence-corrected chi connectivity index (χ4v) is 2.90. The summed E-state index contributed by atoms with van der Waals surface area (Å²) >= 11 is 0. The van der Waals surface area contributed by atoms with Gasteiger partial charge in [0.2, 0.25) is 0 Å². The van der Waals surface area contributed by atoms with Crippen molar-refractivity contribution in [2.24, 2.45) is 0 Å². The standard InChI is InChI=1S/C16H16N4O/c21-16-19-13-5-4-12(8-14(13)20-16)18-9-11-3-1-2-10-6-7-17-15(10)11/h1-5,8,17-18H,6-7,9H2,(H2,19,20,21). The Kier molecular flexibility index (Phi) is 2.70. The van der Waals surface area contributed by atoms with Gasteiger partial charge in [0.05, 0.1) is 11.0 Å². The SMILES string of the molecule is O=c1[nH]c2ccc(NCc3cccc4c3NCC4)cc2[nH]1. The van der Waals surface area contributed by atoms with Crippen molar-refractivity contribution in [3.8, 4) is 0 Å². The number of rotatable bonds is 3. The molecule has 21 heavy (non-hydrogen) atoms. The van der Waals surface area contributed by atoms with Crippen LogP contribution in [0.25, 0.3) is 11.0 Å². The van der Waals surface area contributed by atoms with Crippen LogP contribution in [0.4, 0.5) is 11.4 Å². The predicted molar refractivity (Wildman–Crippen MR) is 84.9 cm³/mol. The fourth-order valence-electron chi connectivity index (χ4n) is 2.90. The third kappa shape index (κ3) is 2.16. The average molecular weight is 280 g/mol. The third-order valence-corrected chi connectivity index (χ3v) is 3.93. The second-order valence-corrected chi connectivity index (χ2v) is 5.32. The smallest absolute Gasteiger partial charge is 0.323 e. The van der Waals surface area contributed by atoms with Gasteiger partial charge in [-0.2, -0.15) is 0 Å². The molecule has 0 atom stereocenters. The first-order valence-corrected chi connectivity index (χ1v) is 7.10. The Labute approximate surface area is 121 Å². The van der Waals surface area contributed by atoms with Crippen molar-refractivity contribution in [1.29, 1.82) is 0 Å². The minimum atomic E-state index is -0.174. The van der Waals surface area contributed by atoms with Gasteiger partial charge in [-0.3, -0.25) is 0 Å². The van der Waals surface area contributed by atoms with E-state index in [-0.39, 0.29) is 5.69 Å². The lowest BCUT2D eigenvalue weighted by molar-refractivity contribution is 1.11. The van der Waals surface area contributed by atoms with Crippen molar-refractivity contribution in [1.82, 2.24) is 9.97 Å². The Bertz CT molecular complexity index is 862. The minimum absolute atomic E-state index is 0.174. The molecule has 0 unspecified atom stereocenters. The van der Waals surface area contributed by atoms with E-state index in [1.165, 1.54) is 16.8 Å². The minimum Gasteiger partial charge on any atom is -0.384 e. The summed E-state index contributed by atoms with van der Waals surface area (Å²) in [4.78, 5) is 16.8. The van der Waals surface area contributed by atoms with E-state index in [4.69, 9.17) is 0 Å². The molecule has 0 fully saturated rings. The predicted octanol–water partition coefficient (Wildman–Crippen LogP) is 2.44. The molecule has 1 aliphatic heterocycles. The summed E-state index contributed by atoms with van der Waals surface area (Å²) in [6.45, 7) is 1.78. The van der Waals surface area contributed by atoms with Crippen LogP contribution in [0, 0.1) is 0 Å². The number of para-hydroxylation sites is 1. The molecule has 1 aromatic heterocycles. The van der Waals surface area contributed by atoms with Crippen molar-refractivity contribution >= 4 is 22.4 Å². The van der Waals surface area contributed by atoms with Crippen LogP contribution >= 0.6 is 0 Å². The molecule has 2 aromatic carbocycles. The largest absolute Gasteiger partial charge is 0.384 e. The number of fused-ring (bicyclic) bond motifs is 2. The molecular weight excluding hydrogens is 264 g/mol. The van der Waals surface area contributed by atoms with Gasteiger partial charge in [-0.15, -0.1) is 0 Å². The summed E-state index contributed by atoms with van der Waals surface area (Å²) in [5.74, 6) is 0. The lowest BCUT2D eigenvalue weighted by atomic mass is 10.1. The number of nitrogens with one attached hydrogen (secondary N) is 4. The van der Waals surface area contributed by atoms with Gasteiger partial charge in [0.25, 0.3) is 0 Å². The number of hydrogen-bond acceptors (Lipinski definition) is 3. The van der Waals surface area contributed by atoms with Crippen molar-refractivity contribution in [3.05, 3.63) is 58.0 Å². The zero-order chi connectivity index (χ0) is 14.2. The third-order valence-electron chi connectivity index (χ3n) is 3.93. The number of benzene rings is 2. The Morgan fingerprint density at radius 3 is 2.95 bits per heavy atom. The normalized spacial score (nSPS) is 13.1. The highest BCUT2D eigenvalue weighted by Gasteiger charge is 2.13. The summed E-state index contributed by atoms with van der Waals surface area (Å²) in [5.41, 5.74) is 6.39. The topological polar surface area (TPSA) is 72.7 Å². The maximum atomic E-state index is 11.3. The molecule has 0 amide bonds. The van der Waals surface area contributed by atoms with Crippen molar-refractivity contribution in [2.45, 2.75) is 13.0 Å². The fraction of sp³-hybridized carbons (Fsp3) is 0.188. The number of imidazole rings is 1. The van der Waals surface area contributed by atoms with Gasteiger partial charge in [-0.1, -0.05) is 18.2 Å². The van der Waals surface area contributed by atoms with E-state index in [1.54, 1.807) is 0 Å². The number of aromatic nitrogens is 2. The highest BCUT2D eigenvalue weighted by molar-refractivity contribution is 5.78. The van der Waals surface area contributed by atoms with Crippen LogP contribution < -0.4 is 16.3 Å². The second kappa shape index (κ2) is 4.70. The molecule has 0 radical (unpaired) electrons. The quantitative estimate of drug-likeness (QED) is 0.595. The van der Waals surface area contributed by atoms with E-state index in [0.717, 1.165) is 36.2 Å². The van der Waals surface area contributed by atoms with E-state index in [9.17, 15) is 4.79 Å². The Hall–Kier alpha value is -2.69. The summed E-state index contributed by atoms with van der Waals surface area (Å²) in [7, 11) is 0. The summed E-state index contributed by atoms with van der Waals surface area (Å²) in [5, 5.41) is 6.86. The zero-order valence-corrected chi connectivity index (χ0v) is 11.5. The molecule has 5 heteroatoms. The zero-order valence-electron chi connectivity index (χ0n) is 11.5. The highest BCUT2D eigenvalue weighted by Crippen LogP contribution is 2.27. The first kappa shape index (κ1) is 12.1. The molecular formula is C16H16N4O. The van der Waals surface area contributed by atoms with Crippen LogP contribution in [0.3, 0.4) is 0 Å². The first-order valence-electron chi connectivity index (χ1n) is 7.10. The van der Waals surface area contributed by atoms with Gasteiger partial charge < -0.3 is 20.6 Å². The number of anilines is 2. The van der Waals surface area contributed by atoms with Crippen LogP contribution in [-0.4, -0.2) is 16.5 Å². The molecule has 0 saturated carbocycles. The number of hydrogen-bond donors (Lipinski definition) is 4. The molecule has 4 rings (SSSR count). The van der Waals surface area contributed by atoms with Gasteiger partial charge in [-0.05, 0) is 35.7 Å². The molecule has 1 aliphatic rings. The van der Waals surface area contributed by atoms with Crippen molar-refractivity contribution < 1.29 is 0 Å². The number of H-pyrrole nitrogens is 2. The molecule has 0 saturated heterocycles. The average Bonchev–Trinajstić information content (AvgIpc) is 3.09. The van der Waals surface area contributed by atoms with Crippen molar-refractivity contribution in [3.63, 3.8) is 0 Å². The van der Waals surface area contributed by atoms with Gasteiger partial charge >= 0.3 is 5.69 Å². The van der Waals surface area contributed by atoms with Crippen LogP contribution in [0.2, 0.25) is 0 Å². The van der Waals surface area contributed by atoms with E-state index in [0.29, 0.717) is 0 Å². The maximum Gasteiger partial charge on any atom is 0.323 e. The summed E-state index contributed by atoms with van der Waals surface area (Å²) in [6.07, 6.45) is 1.10. The van der Waals surface area contributed by atoms with Crippen LogP contribution in [0.1, 0.15) is 11.1 Å². The van der Waals surface area contributed by atoms with E-state index in [1.807, 2.05) is 18.2 Å². The molecule has 5 nitrogen and oxygen atoms in total. The number of aromatic amines is 2. The molecule has 2 heterocycles. The summed E-state index contributed by atoms with van der Waals surface area (Å²) in [6, 6.07) is 12.3. The molecule has 0 aliphatic carbocycles. The maximum absolute atomic E-state index is 11.3. The van der Waals surface area contributed by atoms with Crippen LogP contribution in [-0.2, 0) is 13.0 Å². The van der Waals surface area contributed by atoms with E-state index < -0.39 is 0 Å². The lowest BCUT2D eigenvalue weighted by Crippen LogP contribution is -2.03. The van der Waals surface area contributed by atoms with Gasteiger partial charge in [0.1, 0.15) is 0 Å². The van der Waals surface area contributed by atoms with Gasteiger partial charge in [-0.25, -0.2) is 4.79 Å². The van der Waals surface area contributed by atoms with Crippen LogP contribution in [0.15, 0.2) is 41.2 Å². The Balaban J connectivity index is 1.58. The molecule has 4 N–H and O–H groups in total.